The molecular weight excluding hydrogens is 232 g/mol. The van der Waals surface area contributed by atoms with Gasteiger partial charge in [0.25, 0.3) is 0 Å². The van der Waals surface area contributed by atoms with Crippen LogP contribution in [0.2, 0.25) is 0 Å². The van der Waals surface area contributed by atoms with Gasteiger partial charge in [-0.15, -0.1) is 0 Å². The van der Waals surface area contributed by atoms with E-state index in [4.69, 9.17) is 0 Å². The fraction of sp³-hybridized carbons (Fsp3) is 1.00. The zero-order chi connectivity index (χ0) is 14.3. The molecule has 0 spiro atoms. The molecule has 1 rings (SSSR count). The zero-order valence-corrected chi connectivity index (χ0v) is 13.9. The van der Waals surface area contributed by atoms with Gasteiger partial charge in [-0.2, -0.15) is 0 Å². The van der Waals surface area contributed by atoms with Gasteiger partial charge in [0.2, 0.25) is 0 Å². The summed E-state index contributed by atoms with van der Waals surface area (Å²) >= 11 is 0. The van der Waals surface area contributed by atoms with Crippen LogP contribution in [0.3, 0.4) is 0 Å². The Morgan fingerprint density at radius 2 is 1.53 bits per heavy atom. The Bertz CT molecular complexity index is 217. The van der Waals surface area contributed by atoms with Gasteiger partial charge in [-0.25, -0.2) is 0 Å². The van der Waals surface area contributed by atoms with Crippen LogP contribution in [0.5, 0.6) is 0 Å². The van der Waals surface area contributed by atoms with Crippen molar-refractivity contribution in [1.29, 1.82) is 0 Å². The van der Waals surface area contributed by atoms with Gasteiger partial charge in [0.05, 0.1) is 0 Å². The molecule has 0 aromatic rings. The normalized spacial score (nSPS) is 20.2. The first-order valence-electron chi connectivity index (χ1n) is 8.45. The van der Waals surface area contributed by atoms with E-state index in [1.807, 2.05) is 0 Å². The molecule has 0 radical (unpaired) electrons. The van der Waals surface area contributed by atoms with Crippen molar-refractivity contribution < 1.29 is 0 Å². The number of hydrogen-bond acceptors (Lipinski definition) is 2. The Kier molecular flexibility index (Phi) is 8.01. The van der Waals surface area contributed by atoms with E-state index < -0.39 is 0 Å². The van der Waals surface area contributed by atoms with Crippen molar-refractivity contribution >= 4 is 0 Å². The summed E-state index contributed by atoms with van der Waals surface area (Å²) < 4.78 is 0. The SMILES string of the molecule is CC(C)CNCC(C(C)C)N(C)C1CCCCCC1. The van der Waals surface area contributed by atoms with Crippen LogP contribution in [0.1, 0.15) is 66.2 Å². The van der Waals surface area contributed by atoms with Crippen LogP contribution in [0.4, 0.5) is 0 Å². The summed E-state index contributed by atoms with van der Waals surface area (Å²) in [6, 6.07) is 1.50. The number of nitrogens with zero attached hydrogens (tertiary/aromatic N) is 1. The molecule has 0 saturated heterocycles. The first-order valence-corrected chi connectivity index (χ1v) is 8.45. The third kappa shape index (κ3) is 6.27. The highest BCUT2D eigenvalue weighted by Gasteiger charge is 2.25. The largest absolute Gasteiger partial charge is 0.315 e. The molecule has 0 heterocycles. The molecule has 1 fully saturated rings. The van der Waals surface area contributed by atoms with E-state index in [1.54, 1.807) is 0 Å². The van der Waals surface area contributed by atoms with E-state index in [0.717, 1.165) is 31.0 Å². The summed E-state index contributed by atoms with van der Waals surface area (Å²) in [5, 5.41) is 3.66. The molecule has 1 aliphatic rings. The number of hydrogen-bond donors (Lipinski definition) is 1. The molecule has 1 unspecified atom stereocenters. The average Bonchev–Trinajstić information content (AvgIpc) is 2.61. The zero-order valence-electron chi connectivity index (χ0n) is 13.9. The lowest BCUT2D eigenvalue weighted by Gasteiger charge is -2.37. The molecule has 1 atom stereocenters. The Labute approximate surface area is 121 Å². The highest BCUT2D eigenvalue weighted by atomic mass is 15.2. The van der Waals surface area contributed by atoms with Crippen LogP contribution < -0.4 is 5.32 Å². The quantitative estimate of drug-likeness (QED) is 0.704. The first-order chi connectivity index (χ1) is 9.02. The lowest BCUT2D eigenvalue weighted by atomic mass is 9.98. The fourth-order valence-corrected chi connectivity index (χ4v) is 3.31. The molecule has 0 aromatic heterocycles. The second-order valence-corrected chi connectivity index (χ2v) is 7.17. The summed E-state index contributed by atoms with van der Waals surface area (Å²) in [6.07, 6.45) is 8.57. The lowest BCUT2D eigenvalue weighted by Crippen LogP contribution is -2.48. The minimum atomic E-state index is 0.682. The Hall–Kier alpha value is -0.0800. The number of likely N-dealkylation sites (N-methyl/N-ethyl adjacent to an activating group) is 1. The van der Waals surface area contributed by atoms with Gasteiger partial charge < -0.3 is 5.32 Å². The van der Waals surface area contributed by atoms with Crippen LogP contribution >= 0.6 is 0 Å². The molecule has 19 heavy (non-hydrogen) atoms. The number of rotatable bonds is 7. The maximum absolute atomic E-state index is 3.66. The van der Waals surface area contributed by atoms with Gasteiger partial charge in [-0.05, 0) is 38.3 Å². The monoisotopic (exact) mass is 268 g/mol. The molecule has 0 aromatic carbocycles. The van der Waals surface area contributed by atoms with Gasteiger partial charge in [-0.1, -0.05) is 53.4 Å². The van der Waals surface area contributed by atoms with E-state index in [-0.39, 0.29) is 0 Å². The third-order valence-corrected chi connectivity index (χ3v) is 4.60. The summed E-state index contributed by atoms with van der Waals surface area (Å²) in [6.45, 7) is 11.6. The Morgan fingerprint density at radius 3 is 2.00 bits per heavy atom. The van der Waals surface area contributed by atoms with Gasteiger partial charge in [0, 0.05) is 18.6 Å². The predicted molar refractivity (Wildman–Crippen MR) is 85.6 cm³/mol. The van der Waals surface area contributed by atoms with Crippen molar-refractivity contribution in [2.45, 2.75) is 78.3 Å². The van der Waals surface area contributed by atoms with Crippen LogP contribution in [-0.4, -0.2) is 37.1 Å². The van der Waals surface area contributed by atoms with Crippen LogP contribution in [0, 0.1) is 11.8 Å². The molecule has 2 nitrogen and oxygen atoms in total. The maximum Gasteiger partial charge on any atom is 0.0243 e. The molecule has 0 aliphatic heterocycles. The second-order valence-electron chi connectivity index (χ2n) is 7.17. The van der Waals surface area contributed by atoms with Crippen molar-refractivity contribution in [2.75, 3.05) is 20.1 Å². The van der Waals surface area contributed by atoms with E-state index in [0.29, 0.717) is 6.04 Å². The third-order valence-electron chi connectivity index (χ3n) is 4.60. The fourth-order valence-electron chi connectivity index (χ4n) is 3.31. The molecule has 2 heteroatoms. The van der Waals surface area contributed by atoms with E-state index in [2.05, 4.69) is 45.0 Å². The molecule has 1 aliphatic carbocycles. The van der Waals surface area contributed by atoms with Gasteiger partial charge >= 0.3 is 0 Å². The highest BCUT2D eigenvalue weighted by Crippen LogP contribution is 2.24. The molecule has 0 amide bonds. The molecule has 1 N–H and O–H groups in total. The maximum atomic E-state index is 3.66. The van der Waals surface area contributed by atoms with Crippen molar-refractivity contribution in [3.05, 3.63) is 0 Å². The Morgan fingerprint density at radius 1 is 0.947 bits per heavy atom. The summed E-state index contributed by atoms with van der Waals surface area (Å²) in [7, 11) is 2.36. The average molecular weight is 268 g/mol. The highest BCUT2D eigenvalue weighted by molar-refractivity contribution is 4.82. The standard InChI is InChI=1S/C17H36N2/c1-14(2)12-18-13-17(15(3)4)19(5)16-10-8-6-7-9-11-16/h14-18H,6-13H2,1-5H3. The van der Waals surface area contributed by atoms with E-state index >= 15 is 0 Å². The van der Waals surface area contributed by atoms with Crippen LogP contribution in [0.15, 0.2) is 0 Å². The lowest BCUT2D eigenvalue weighted by molar-refractivity contribution is 0.121. The van der Waals surface area contributed by atoms with Gasteiger partial charge in [0.15, 0.2) is 0 Å². The first kappa shape index (κ1) is 17.0. The van der Waals surface area contributed by atoms with Crippen molar-refractivity contribution in [3.8, 4) is 0 Å². The Balaban J connectivity index is 2.48. The number of nitrogens with one attached hydrogen (secondary N) is 1. The van der Waals surface area contributed by atoms with Gasteiger partial charge in [-0.3, -0.25) is 4.90 Å². The molecule has 1 saturated carbocycles. The second kappa shape index (κ2) is 8.97. The van der Waals surface area contributed by atoms with Crippen molar-refractivity contribution in [2.24, 2.45) is 11.8 Å². The van der Waals surface area contributed by atoms with Crippen LogP contribution in [0.25, 0.3) is 0 Å². The molecular formula is C17H36N2. The molecule has 0 bridgehead atoms. The summed E-state index contributed by atoms with van der Waals surface area (Å²) in [5.41, 5.74) is 0. The minimum absolute atomic E-state index is 0.682. The van der Waals surface area contributed by atoms with E-state index in [1.165, 1.54) is 38.5 Å². The minimum Gasteiger partial charge on any atom is -0.315 e. The van der Waals surface area contributed by atoms with E-state index in [9.17, 15) is 0 Å². The van der Waals surface area contributed by atoms with Gasteiger partial charge in [0.1, 0.15) is 0 Å². The topological polar surface area (TPSA) is 15.3 Å². The predicted octanol–water partition coefficient (Wildman–Crippen LogP) is 3.91. The summed E-state index contributed by atoms with van der Waals surface area (Å²) in [5.74, 6) is 1.48. The van der Waals surface area contributed by atoms with Crippen molar-refractivity contribution in [1.82, 2.24) is 10.2 Å². The summed E-state index contributed by atoms with van der Waals surface area (Å²) in [4.78, 5) is 2.68. The van der Waals surface area contributed by atoms with Crippen molar-refractivity contribution in [3.63, 3.8) is 0 Å². The van der Waals surface area contributed by atoms with Crippen LogP contribution in [-0.2, 0) is 0 Å². The smallest absolute Gasteiger partial charge is 0.0243 e. The molecule has 114 valence electrons.